The molecule has 0 aromatic carbocycles. The predicted molar refractivity (Wildman–Crippen MR) is 193 cm³/mol. The Kier molecular flexibility index (Phi) is 29.1. The second kappa shape index (κ2) is 29.7. The van der Waals surface area contributed by atoms with Gasteiger partial charge < -0.3 is 24.6 Å². The first-order valence-electron chi connectivity index (χ1n) is 18.7. The molecule has 0 saturated carbocycles. The van der Waals surface area contributed by atoms with E-state index in [0.717, 1.165) is 38.5 Å². The average Bonchev–Trinajstić information content (AvgIpc) is 3.02. The smallest absolute Gasteiger partial charge is 0.462 e. The van der Waals surface area contributed by atoms with Gasteiger partial charge in [-0.1, -0.05) is 117 Å². The van der Waals surface area contributed by atoms with Gasteiger partial charge in [0.1, 0.15) is 19.8 Å². The van der Waals surface area contributed by atoms with E-state index in [9.17, 15) is 23.6 Å². The van der Waals surface area contributed by atoms with Gasteiger partial charge >= 0.3 is 27.6 Å². The Labute approximate surface area is 297 Å². The second-order valence-corrected chi connectivity index (χ2v) is 17.0. The lowest BCUT2D eigenvalue weighted by Gasteiger charge is -2.25. The fraction of sp³-hybridized carbons (Fsp3) is 0.941. The van der Waals surface area contributed by atoms with E-state index in [1.54, 1.807) is 0 Å². The third-order valence-corrected chi connectivity index (χ3v) is 10.8. The molecule has 0 saturated heterocycles. The molecule has 292 valence electrons. The largest absolute Gasteiger partial charge is 0.483 e. The zero-order valence-corrected chi connectivity index (χ0v) is 33.2. The molecule has 3 atom stereocenters. The van der Waals surface area contributed by atoms with Crippen LogP contribution in [0.3, 0.4) is 0 Å². The van der Waals surface area contributed by atoms with Gasteiger partial charge in [0, 0.05) is 19.4 Å². The maximum atomic E-state index is 13.3. The van der Waals surface area contributed by atoms with Crippen molar-refractivity contribution in [2.24, 2.45) is 5.73 Å². The minimum atomic E-state index is -4.88. The Bertz CT molecular complexity index is 934. The molecule has 0 amide bonds. The van der Waals surface area contributed by atoms with Crippen molar-refractivity contribution in [3.63, 3.8) is 0 Å². The quantitative estimate of drug-likeness (QED) is 0.0276. The van der Waals surface area contributed by atoms with Gasteiger partial charge in [-0.2, -0.15) is 4.31 Å². The highest BCUT2D eigenvalue weighted by atomic mass is 31.3. The van der Waals surface area contributed by atoms with Crippen LogP contribution in [0, 0.1) is 0 Å². The van der Waals surface area contributed by atoms with Gasteiger partial charge in [-0.3, -0.25) is 23.2 Å². The van der Waals surface area contributed by atoms with E-state index in [4.69, 9.17) is 33.1 Å². The molecule has 0 fully saturated rings. The van der Waals surface area contributed by atoms with Crippen LogP contribution in [0.2, 0.25) is 0 Å². The molecule has 0 radical (unpaired) electrons. The summed E-state index contributed by atoms with van der Waals surface area (Å²) in [5, 5.41) is 0. The summed E-state index contributed by atoms with van der Waals surface area (Å²) in [5.41, 5.74) is 5.48. The minimum Gasteiger partial charge on any atom is -0.462 e. The topological polar surface area (TPSA) is 170 Å². The van der Waals surface area contributed by atoms with Crippen LogP contribution in [-0.4, -0.2) is 88.1 Å². The van der Waals surface area contributed by atoms with Gasteiger partial charge in [0.2, 0.25) is 0 Å². The molecule has 0 aromatic rings. The van der Waals surface area contributed by atoms with Gasteiger partial charge in [-0.05, 0) is 12.8 Å². The average molecular weight is 746 g/mol. The van der Waals surface area contributed by atoms with Crippen LogP contribution in [-0.2, 0) is 46.1 Å². The summed E-state index contributed by atoms with van der Waals surface area (Å²) in [6.07, 6.45) is 19.0. The van der Waals surface area contributed by atoms with Crippen LogP contribution in [0.15, 0.2) is 0 Å². The number of ether oxygens (including phenoxy) is 2. The fourth-order valence-electron chi connectivity index (χ4n) is 4.78. The Balaban J connectivity index is 5.10. The van der Waals surface area contributed by atoms with Gasteiger partial charge in [0.25, 0.3) is 0 Å². The van der Waals surface area contributed by atoms with Crippen molar-refractivity contribution in [1.82, 2.24) is 0 Å². The first kappa shape index (κ1) is 48.1. The predicted octanol–water partition coefficient (Wildman–Crippen LogP) is 8.22. The van der Waals surface area contributed by atoms with E-state index in [1.807, 2.05) is 21.1 Å². The Morgan fingerprint density at radius 1 is 0.653 bits per heavy atom. The summed E-state index contributed by atoms with van der Waals surface area (Å²) in [6.45, 7) is 3.26. The first-order chi connectivity index (χ1) is 23.3. The molecular weight excluding hydrogens is 674 g/mol. The third-order valence-electron chi connectivity index (χ3n) is 7.70. The van der Waals surface area contributed by atoms with Crippen molar-refractivity contribution in [2.75, 3.05) is 60.7 Å². The van der Waals surface area contributed by atoms with E-state index in [1.165, 1.54) is 64.2 Å². The highest BCUT2D eigenvalue weighted by molar-refractivity contribution is 7.61. The molecule has 3 N–H and O–H groups in total. The van der Waals surface area contributed by atoms with E-state index in [0.29, 0.717) is 23.9 Å². The molecule has 0 aliphatic rings. The SMILES string of the molecule is CCCCCCCCCCCC(=O)OC[C@H](COP(=O)(OCCN)OP(=O)(O)OCC[N+](C)(C)C)OC(=O)CCCCCCCCCCC. The number of hydrogen-bond donors (Lipinski definition) is 2. The number of esters is 2. The van der Waals surface area contributed by atoms with Gasteiger partial charge in [0.05, 0.1) is 34.4 Å². The Morgan fingerprint density at radius 3 is 1.59 bits per heavy atom. The van der Waals surface area contributed by atoms with Crippen molar-refractivity contribution in [1.29, 1.82) is 0 Å². The normalized spacial score (nSPS) is 15.0. The monoisotopic (exact) mass is 745 g/mol. The van der Waals surface area contributed by atoms with E-state index < -0.39 is 40.3 Å². The highest BCUT2D eigenvalue weighted by Crippen LogP contribution is 2.63. The number of quaternary nitrogens is 1. The van der Waals surface area contributed by atoms with E-state index in [-0.39, 0.29) is 39.2 Å². The van der Waals surface area contributed by atoms with Gasteiger partial charge in [0.15, 0.2) is 6.10 Å². The maximum Gasteiger partial charge on any atom is 0.483 e. The molecule has 49 heavy (non-hydrogen) atoms. The van der Waals surface area contributed by atoms with Crippen molar-refractivity contribution in [2.45, 2.75) is 148 Å². The molecule has 0 spiro atoms. The molecule has 0 bridgehead atoms. The lowest BCUT2D eigenvalue weighted by atomic mass is 10.1. The highest BCUT2D eigenvalue weighted by Gasteiger charge is 2.39. The van der Waals surface area contributed by atoms with Crippen molar-refractivity contribution in [3.05, 3.63) is 0 Å². The number of carbonyl (C=O) groups excluding carboxylic acids is 2. The summed E-state index contributed by atoms with van der Waals surface area (Å²) < 4.78 is 57.6. The van der Waals surface area contributed by atoms with Gasteiger partial charge in [-0.15, -0.1) is 0 Å². The van der Waals surface area contributed by atoms with Crippen LogP contribution in [0.25, 0.3) is 0 Å². The molecule has 0 heterocycles. The summed E-state index contributed by atoms with van der Waals surface area (Å²) in [7, 11) is -4.00. The van der Waals surface area contributed by atoms with Crippen LogP contribution in [0.4, 0.5) is 0 Å². The van der Waals surface area contributed by atoms with Crippen molar-refractivity contribution < 1.29 is 55.5 Å². The third kappa shape index (κ3) is 31.6. The second-order valence-electron chi connectivity index (χ2n) is 13.7. The summed E-state index contributed by atoms with van der Waals surface area (Å²) in [5.74, 6) is -0.978. The molecule has 0 aromatic heterocycles. The fourth-order valence-corrected chi connectivity index (χ4v) is 7.42. The number of nitrogens with zero attached hydrogens (tertiary/aromatic N) is 1. The summed E-state index contributed by atoms with van der Waals surface area (Å²) in [6, 6.07) is 0. The molecule has 15 heteroatoms. The minimum absolute atomic E-state index is 0.0809. The van der Waals surface area contributed by atoms with Crippen LogP contribution >= 0.6 is 15.6 Å². The zero-order valence-electron chi connectivity index (χ0n) is 31.4. The number of nitrogens with two attached hydrogens (primary N) is 1. The lowest BCUT2D eigenvalue weighted by molar-refractivity contribution is -0.870. The van der Waals surface area contributed by atoms with Crippen LogP contribution in [0.5, 0.6) is 0 Å². The van der Waals surface area contributed by atoms with E-state index in [2.05, 4.69) is 13.8 Å². The van der Waals surface area contributed by atoms with Crippen molar-refractivity contribution in [3.8, 4) is 0 Å². The van der Waals surface area contributed by atoms with E-state index >= 15 is 0 Å². The Hall–Kier alpha value is -0.880. The standard InChI is InChI=1S/C34H70N2O11P2/c1-6-8-10-12-14-16-18-20-22-24-33(37)42-30-32(46-34(38)25-23-21-19-17-15-13-11-9-7-2)31-45-49(41,44-28-26-35)47-48(39,40)43-29-27-36(3,4)5/h32H,6-31,35H2,1-5H3/p+1/t32-,49?/m1/s1. The molecule has 0 aliphatic carbocycles. The number of unbranched alkanes of at least 4 members (excludes halogenated alkanes) is 16. The summed E-state index contributed by atoms with van der Waals surface area (Å²) >= 11 is 0. The number of phosphoric ester groups is 2. The first-order valence-corrected chi connectivity index (χ1v) is 21.6. The number of rotatable bonds is 35. The van der Waals surface area contributed by atoms with Crippen molar-refractivity contribution >= 4 is 27.6 Å². The number of likely N-dealkylation sites (N-methyl/N-ethyl adjacent to an activating group) is 1. The molecular formula is C34H71N2O11P2+. The molecule has 2 unspecified atom stereocenters. The maximum absolute atomic E-state index is 13.3. The lowest BCUT2D eigenvalue weighted by Crippen LogP contribution is -2.37. The van der Waals surface area contributed by atoms with Crippen LogP contribution in [0.1, 0.15) is 142 Å². The zero-order chi connectivity index (χ0) is 36.9. The number of carbonyl (C=O) groups is 2. The van der Waals surface area contributed by atoms with Crippen LogP contribution < -0.4 is 5.73 Å². The molecule has 0 rings (SSSR count). The number of phosphoric acid groups is 2. The number of hydrogen-bond acceptors (Lipinski definition) is 11. The van der Waals surface area contributed by atoms with Gasteiger partial charge in [-0.25, -0.2) is 9.13 Å². The Morgan fingerprint density at radius 2 is 1.12 bits per heavy atom. The molecule has 0 aliphatic heterocycles. The molecule has 13 nitrogen and oxygen atoms in total. The summed E-state index contributed by atoms with van der Waals surface area (Å²) in [4.78, 5) is 35.4.